The highest BCUT2D eigenvalue weighted by molar-refractivity contribution is 5.93. The zero-order valence-electron chi connectivity index (χ0n) is 13.6. The Balaban J connectivity index is 1.67. The lowest BCUT2D eigenvalue weighted by atomic mass is 10.2. The molecule has 1 N–H and O–H groups in total. The summed E-state index contributed by atoms with van der Waals surface area (Å²) in [6.07, 6.45) is 1.63. The van der Waals surface area contributed by atoms with Crippen LogP contribution in [0.15, 0.2) is 48.7 Å². The lowest BCUT2D eigenvalue weighted by molar-refractivity contribution is -0.130. The molecule has 1 fully saturated rings. The third-order valence-electron chi connectivity index (χ3n) is 4.05. The van der Waals surface area contributed by atoms with E-state index >= 15 is 0 Å². The molecule has 124 valence electrons. The van der Waals surface area contributed by atoms with E-state index in [2.05, 4.69) is 10.3 Å². The number of carbonyl (C=O) groups excluding carboxylic acids is 2. The van der Waals surface area contributed by atoms with E-state index in [0.29, 0.717) is 31.9 Å². The van der Waals surface area contributed by atoms with E-state index in [4.69, 9.17) is 0 Å². The number of hydrogen-bond acceptors (Lipinski definition) is 4. The fraction of sp³-hybridized carbons (Fsp3) is 0.278. The number of benzene rings is 1. The third-order valence-corrected chi connectivity index (χ3v) is 4.05. The third kappa shape index (κ3) is 3.71. The summed E-state index contributed by atoms with van der Waals surface area (Å²) >= 11 is 0. The summed E-state index contributed by atoms with van der Waals surface area (Å²) in [7, 11) is 0. The molecule has 1 aliphatic heterocycles. The minimum Gasteiger partial charge on any atom is -0.355 e. The molecule has 24 heavy (non-hydrogen) atoms. The molecule has 2 amide bonds. The van der Waals surface area contributed by atoms with Crippen LogP contribution in [-0.2, 0) is 4.79 Å². The molecule has 1 aromatic heterocycles. The van der Waals surface area contributed by atoms with Gasteiger partial charge in [-0.25, -0.2) is 0 Å². The molecule has 0 spiro atoms. The van der Waals surface area contributed by atoms with Crippen molar-refractivity contribution in [2.24, 2.45) is 0 Å². The summed E-state index contributed by atoms with van der Waals surface area (Å²) in [6.45, 7) is 3.77. The molecule has 3 rings (SSSR count). The van der Waals surface area contributed by atoms with Gasteiger partial charge < -0.3 is 15.1 Å². The SMILES string of the molecule is CC(=O)N1CCN(C(=O)c2cc(Nc3ccccc3)ccn2)CC1. The quantitative estimate of drug-likeness (QED) is 0.939. The van der Waals surface area contributed by atoms with E-state index in [9.17, 15) is 9.59 Å². The molecular weight excluding hydrogens is 304 g/mol. The monoisotopic (exact) mass is 324 g/mol. The Labute approximate surface area is 141 Å². The Kier molecular flexibility index (Phi) is 4.74. The average Bonchev–Trinajstić information content (AvgIpc) is 2.62. The molecule has 6 nitrogen and oxygen atoms in total. The predicted octanol–water partition coefficient (Wildman–Crippen LogP) is 2.13. The van der Waals surface area contributed by atoms with Gasteiger partial charge in [0.1, 0.15) is 5.69 Å². The minimum atomic E-state index is -0.102. The highest BCUT2D eigenvalue weighted by atomic mass is 16.2. The number of nitrogens with one attached hydrogen (secondary N) is 1. The van der Waals surface area contributed by atoms with Crippen molar-refractivity contribution < 1.29 is 9.59 Å². The van der Waals surface area contributed by atoms with Crippen molar-refractivity contribution in [1.29, 1.82) is 0 Å². The predicted molar refractivity (Wildman–Crippen MR) is 92.1 cm³/mol. The molecule has 1 saturated heterocycles. The second kappa shape index (κ2) is 7.12. The van der Waals surface area contributed by atoms with E-state index in [1.165, 1.54) is 0 Å². The second-order valence-electron chi connectivity index (χ2n) is 5.72. The Morgan fingerprint density at radius 3 is 2.29 bits per heavy atom. The van der Waals surface area contributed by atoms with Crippen molar-refractivity contribution >= 4 is 23.2 Å². The van der Waals surface area contributed by atoms with Crippen LogP contribution in [0, 0.1) is 0 Å². The Morgan fingerprint density at radius 2 is 1.62 bits per heavy atom. The van der Waals surface area contributed by atoms with Crippen molar-refractivity contribution in [3.63, 3.8) is 0 Å². The zero-order chi connectivity index (χ0) is 16.9. The van der Waals surface area contributed by atoms with E-state index < -0.39 is 0 Å². The molecule has 0 saturated carbocycles. The molecule has 1 aromatic carbocycles. The first-order valence-corrected chi connectivity index (χ1v) is 7.96. The van der Waals surface area contributed by atoms with Crippen LogP contribution in [0.1, 0.15) is 17.4 Å². The number of carbonyl (C=O) groups is 2. The van der Waals surface area contributed by atoms with Crippen LogP contribution in [0.3, 0.4) is 0 Å². The number of piperazine rings is 1. The molecule has 0 atom stereocenters. The highest BCUT2D eigenvalue weighted by Gasteiger charge is 2.24. The van der Waals surface area contributed by atoms with Crippen LogP contribution in [0.2, 0.25) is 0 Å². The molecule has 2 aromatic rings. The van der Waals surface area contributed by atoms with E-state index in [0.717, 1.165) is 11.4 Å². The van der Waals surface area contributed by atoms with Crippen LogP contribution in [0.5, 0.6) is 0 Å². The normalized spacial score (nSPS) is 14.4. The molecule has 2 heterocycles. The highest BCUT2D eigenvalue weighted by Crippen LogP contribution is 2.17. The molecule has 6 heteroatoms. The number of hydrogen-bond donors (Lipinski definition) is 1. The van der Waals surface area contributed by atoms with Gasteiger partial charge in [-0.1, -0.05) is 18.2 Å². The largest absolute Gasteiger partial charge is 0.355 e. The molecule has 0 aliphatic carbocycles. The first kappa shape index (κ1) is 16.0. The van der Waals surface area contributed by atoms with Gasteiger partial charge in [-0.15, -0.1) is 0 Å². The van der Waals surface area contributed by atoms with Crippen LogP contribution < -0.4 is 5.32 Å². The number of amides is 2. The summed E-state index contributed by atoms with van der Waals surface area (Å²) in [5.74, 6) is -0.0517. The van der Waals surface area contributed by atoms with Crippen LogP contribution in [0.25, 0.3) is 0 Å². The summed E-state index contributed by atoms with van der Waals surface area (Å²) in [5.41, 5.74) is 2.19. The summed E-state index contributed by atoms with van der Waals surface area (Å²) in [5, 5.41) is 3.26. The van der Waals surface area contributed by atoms with Gasteiger partial charge in [0.2, 0.25) is 5.91 Å². The molecular formula is C18H20N4O2. The van der Waals surface area contributed by atoms with E-state index in [-0.39, 0.29) is 11.8 Å². The first-order chi connectivity index (χ1) is 11.6. The maximum atomic E-state index is 12.6. The zero-order valence-corrected chi connectivity index (χ0v) is 13.6. The van der Waals surface area contributed by atoms with Gasteiger partial charge in [-0.3, -0.25) is 14.6 Å². The van der Waals surface area contributed by atoms with Gasteiger partial charge in [-0.2, -0.15) is 0 Å². The first-order valence-electron chi connectivity index (χ1n) is 7.96. The number of para-hydroxylation sites is 1. The summed E-state index contributed by atoms with van der Waals surface area (Å²) < 4.78 is 0. The lowest BCUT2D eigenvalue weighted by Crippen LogP contribution is -2.50. The number of aromatic nitrogens is 1. The van der Waals surface area contributed by atoms with Crippen molar-refractivity contribution in [3.8, 4) is 0 Å². The van der Waals surface area contributed by atoms with Crippen LogP contribution in [0.4, 0.5) is 11.4 Å². The van der Waals surface area contributed by atoms with Crippen LogP contribution in [-0.4, -0.2) is 52.8 Å². The van der Waals surface area contributed by atoms with E-state index in [1.54, 1.807) is 29.0 Å². The topological polar surface area (TPSA) is 65.5 Å². The van der Waals surface area contributed by atoms with E-state index in [1.807, 2.05) is 36.4 Å². The lowest BCUT2D eigenvalue weighted by Gasteiger charge is -2.34. The average molecular weight is 324 g/mol. The van der Waals surface area contributed by atoms with Gasteiger partial charge in [0, 0.05) is 50.7 Å². The smallest absolute Gasteiger partial charge is 0.272 e. The number of nitrogens with zero attached hydrogens (tertiary/aromatic N) is 3. The number of pyridine rings is 1. The van der Waals surface area contributed by atoms with Gasteiger partial charge in [0.15, 0.2) is 0 Å². The second-order valence-corrected chi connectivity index (χ2v) is 5.72. The van der Waals surface area contributed by atoms with Gasteiger partial charge in [0.25, 0.3) is 5.91 Å². The summed E-state index contributed by atoms with van der Waals surface area (Å²) in [4.78, 5) is 31.7. The van der Waals surface area contributed by atoms with Gasteiger partial charge in [0.05, 0.1) is 0 Å². The van der Waals surface area contributed by atoms with Crippen molar-refractivity contribution in [2.75, 3.05) is 31.5 Å². The van der Waals surface area contributed by atoms with Crippen LogP contribution >= 0.6 is 0 Å². The van der Waals surface area contributed by atoms with Crippen molar-refractivity contribution in [1.82, 2.24) is 14.8 Å². The van der Waals surface area contributed by atoms with Gasteiger partial charge >= 0.3 is 0 Å². The Morgan fingerprint density at radius 1 is 0.958 bits per heavy atom. The van der Waals surface area contributed by atoms with Crippen molar-refractivity contribution in [3.05, 3.63) is 54.4 Å². The maximum absolute atomic E-state index is 12.6. The van der Waals surface area contributed by atoms with Crippen molar-refractivity contribution in [2.45, 2.75) is 6.92 Å². The number of anilines is 2. The Bertz CT molecular complexity index is 725. The maximum Gasteiger partial charge on any atom is 0.272 e. The fourth-order valence-corrected chi connectivity index (χ4v) is 2.70. The Hall–Kier alpha value is -2.89. The standard InChI is InChI=1S/C18H20N4O2/c1-14(23)21-9-11-22(12-10-21)18(24)17-13-16(7-8-19-17)20-15-5-3-2-4-6-15/h2-8,13H,9-12H2,1H3,(H,19,20). The summed E-state index contributed by atoms with van der Waals surface area (Å²) in [6, 6.07) is 13.4. The molecule has 0 radical (unpaired) electrons. The minimum absolute atomic E-state index is 0.0503. The van der Waals surface area contributed by atoms with Gasteiger partial charge in [-0.05, 0) is 24.3 Å². The molecule has 0 bridgehead atoms. The molecule has 0 unspecified atom stereocenters. The number of rotatable bonds is 3. The fourth-order valence-electron chi connectivity index (χ4n) is 2.70. The molecule has 1 aliphatic rings.